The summed E-state index contributed by atoms with van der Waals surface area (Å²) in [5, 5.41) is 0. The molecule has 0 aromatic rings. The van der Waals surface area contributed by atoms with Crippen molar-refractivity contribution >= 4 is 0 Å². The van der Waals surface area contributed by atoms with E-state index in [1.165, 1.54) is 32.1 Å². The first-order valence-electron chi connectivity index (χ1n) is 6.15. The molecule has 0 amide bonds. The van der Waals surface area contributed by atoms with Crippen molar-refractivity contribution in [3.05, 3.63) is 0 Å². The summed E-state index contributed by atoms with van der Waals surface area (Å²) < 4.78 is 8.38. The van der Waals surface area contributed by atoms with Crippen LogP contribution in [0.4, 0.5) is 0 Å². The van der Waals surface area contributed by atoms with Crippen LogP contribution in [0.25, 0.3) is 0 Å². The van der Waals surface area contributed by atoms with Gasteiger partial charge in [-0.15, -0.1) is 0 Å². The van der Waals surface area contributed by atoms with Gasteiger partial charge in [-0.2, -0.15) is 0 Å². The fraction of sp³-hybridized carbons (Fsp3) is 1.00. The molecule has 4 rings (SSSR count). The quantitative estimate of drug-likeness (QED) is 0.515. The largest absolute Gasteiger partial charge is 0.0622 e. The van der Waals surface area contributed by atoms with Crippen LogP contribution in [0.1, 0.15) is 40.4 Å². The van der Waals surface area contributed by atoms with Crippen LogP contribution in [-0.4, -0.2) is 0 Å². The zero-order valence-electron chi connectivity index (χ0n) is 8.84. The van der Waals surface area contributed by atoms with E-state index in [9.17, 15) is 0 Å². The topological polar surface area (TPSA) is 0 Å². The molecule has 1 spiro atoms. The third-order valence-corrected chi connectivity index (χ3v) is 5.84. The summed E-state index contributed by atoms with van der Waals surface area (Å²) in [7, 11) is 0. The molecule has 4 aliphatic carbocycles. The highest BCUT2D eigenvalue weighted by Crippen LogP contribution is 2.81. The van der Waals surface area contributed by atoms with Gasteiger partial charge in [-0.1, -0.05) is 6.92 Å². The molecule has 5 unspecified atom stereocenters. The molecule has 6 atom stereocenters. The van der Waals surface area contributed by atoms with Gasteiger partial charge in [0.2, 0.25) is 0 Å². The van der Waals surface area contributed by atoms with Gasteiger partial charge in [0.05, 0.1) is 0 Å². The SMILES string of the molecule is [2H][C@@]1(C)CC2CC3CCC4CC1C342. The van der Waals surface area contributed by atoms with Crippen LogP contribution in [0.2, 0.25) is 0 Å². The molecule has 12 heavy (non-hydrogen) atoms. The molecule has 0 heteroatoms. The Labute approximate surface area is 76.1 Å². The standard InChI is InChI=1S/C12H18/c1-7-4-10-5-8-2-3-9-6-11(7)12(8,9)10/h7-11H,2-6H2,1H3/t7-,8?,9?,10?,11?,12?/m1/s1/i7D. The van der Waals surface area contributed by atoms with Crippen molar-refractivity contribution in [2.24, 2.45) is 35.0 Å². The maximum atomic E-state index is 8.38. The van der Waals surface area contributed by atoms with E-state index < -0.39 is 0 Å². The molecule has 0 bridgehead atoms. The number of rotatable bonds is 0. The van der Waals surface area contributed by atoms with Crippen molar-refractivity contribution in [3.8, 4) is 0 Å². The molecule has 66 valence electrons. The fourth-order valence-electron chi connectivity index (χ4n) is 5.53. The third kappa shape index (κ3) is 0.400. The Kier molecular flexibility index (Phi) is 0.769. The Balaban J connectivity index is 1.83. The summed E-state index contributed by atoms with van der Waals surface area (Å²) in [4.78, 5) is 0. The Morgan fingerprint density at radius 3 is 2.50 bits per heavy atom. The van der Waals surface area contributed by atoms with Crippen LogP contribution in [-0.2, 0) is 0 Å². The smallest absolute Gasteiger partial charge is 0.0303 e. The summed E-state index contributed by atoms with van der Waals surface area (Å²) in [6, 6.07) is 0. The first-order valence-corrected chi connectivity index (χ1v) is 5.65. The van der Waals surface area contributed by atoms with Crippen molar-refractivity contribution in [2.75, 3.05) is 0 Å². The predicted octanol–water partition coefficient (Wildman–Crippen LogP) is 3.08. The molecule has 0 nitrogen and oxygen atoms in total. The van der Waals surface area contributed by atoms with Gasteiger partial charge in [0.15, 0.2) is 0 Å². The lowest BCUT2D eigenvalue weighted by Gasteiger charge is -2.63. The second kappa shape index (κ2) is 1.63. The van der Waals surface area contributed by atoms with E-state index in [4.69, 9.17) is 1.37 Å². The Hall–Kier alpha value is 0. The van der Waals surface area contributed by atoms with Gasteiger partial charge >= 0.3 is 0 Å². The van der Waals surface area contributed by atoms with Gasteiger partial charge in [0, 0.05) is 1.37 Å². The van der Waals surface area contributed by atoms with Gasteiger partial charge in [-0.25, -0.2) is 0 Å². The molecule has 4 aliphatic rings. The minimum absolute atomic E-state index is 0.0414. The highest BCUT2D eigenvalue weighted by Gasteiger charge is 2.74. The molecular weight excluding hydrogens is 144 g/mol. The average Bonchev–Trinajstić information content (AvgIpc) is 2.23. The molecule has 0 aliphatic heterocycles. The zero-order valence-corrected chi connectivity index (χ0v) is 7.84. The Morgan fingerprint density at radius 1 is 1.08 bits per heavy atom. The van der Waals surface area contributed by atoms with Gasteiger partial charge < -0.3 is 0 Å². The highest BCUT2D eigenvalue weighted by atomic mass is 14.8. The van der Waals surface area contributed by atoms with Gasteiger partial charge in [0.25, 0.3) is 0 Å². The van der Waals surface area contributed by atoms with E-state index in [1.807, 2.05) is 0 Å². The lowest BCUT2D eigenvalue weighted by atomic mass is 9.42. The lowest BCUT2D eigenvalue weighted by Crippen LogP contribution is -2.57. The first kappa shape index (κ1) is 5.67. The number of hydrogen-bond acceptors (Lipinski definition) is 0. The van der Waals surface area contributed by atoms with Crippen molar-refractivity contribution in [1.82, 2.24) is 0 Å². The second-order valence-electron chi connectivity index (χ2n) is 5.74. The van der Waals surface area contributed by atoms with Gasteiger partial charge in [-0.3, -0.25) is 0 Å². The van der Waals surface area contributed by atoms with Crippen LogP contribution in [0.15, 0.2) is 0 Å². The van der Waals surface area contributed by atoms with Crippen molar-refractivity contribution < 1.29 is 1.37 Å². The zero-order chi connectivity index (χ0) is 8.84. The fourth-order valence-corrected chi connectivity index (χ4v) is 5.53. The van der Waals surface area contributed by atoms with E-state index in [2.05, 4.69) is 6.92 Å². The number of hydrogen-bond donors (Lipinski definition) is 0. The normalized spacial score (nSPS) is 78.6. The van der Waals surface area contributed by atoms with E-state index in [0.29, 0.717) is 0 Å². The maximum absolute atomic E-state index is 8.38. The van der Waals surface area contributed by atoms with Crippen LogP contribution in [0.3, 0.4) is 0 Å². The highest BCUT2D eigenvalue weighted by molar-refractivity contribution is 5.23. The van der Waals surface area contributed by atoms with Crippen molar-refractivity contribution in [2.45, 2.75) is 39.0 Å². The van der Waals surface area contributed by atoms with Crippen molar-refractivity contribution in [1.29, 1.82) is 0 Å². The summed E-state index contributed by atoms with van der Waals surface area (Å²) >= 11 is 0. The molecular formula is C12H18. The van der Waals surface area contributed by atoms with Crippen LogP contribution >= 0.6 is 0 Å². The van der Waals surface area contributed by atoms with Crippen LogP contribution in [0.5, 0.6) is 0 Å². The van der Waals surface area contributed by atoms with Gasteiger partial charge in [-0.05, 0) is 67.1 Å². The molecule has 0 saturated heterocycles. The third-order valence-electron chi connectivity index (χ3n) is 5.84. The van der Waals surface area contributed by atoms with Crippen LogP contribution < -0.4 is 0 Å². The van der Waals surface area contributed by atoms with Crippen molar-refractivity contribution in [3.63, 3.8) is 0 Å². The van der Waals surface area contributed by atoms with E-state index in [1.54, 1.807) is 0 Å². The van der Waals surface area contributed by atoms with Gasteiger partial charge in [0.1, 0.15) is 0 Å². The summed E-state index contributed by atoms with van der Waals surface area (Å²) in [5.41, 5.74) is 0.747. The summed E-state index contributed by atoms with van der Waals surface area (Å²) in [6.45, 7) is 2.20. The molecule has 0 aromatic heterocycles. The van der Waals surface area contributed by atoms with E-state index >= 15 is 0 Å². The van der Waals surface area contributed by atoms with Crippen LogP contribution in [0, 0.1) is 35.0 Å². The molecule has 0 aromatic carbocycles. The van der Waals surface area contributed by atoms with E-state index in [-0.39, 0.29) is 5.89 Å². The van der Waals surface area contributed by atoms with E-state index in [0.717, 1.165) is 29.1 Å². The molecule has 0 radical (unpaired) electrons. The maximum Gasteiger partial charge on any atom is 0.0303 e. The molecule has 4 fully saturated rings. The monoisotopic (exact) mass is 163 g/mol. The molecule has 0 heterocycles. The first-order chi connectivity index (χ1) is 6.15. The summed E-state index contributed by atoms with van der Waals surface area (Å²) in [5.74, 6) is 3.87. The second-order valence-corrected chi connectivity index (χ2v) is 5.74. The molecule has 4 saturated carbocycles. The predicted molar refractivity (Wildman–Crippen MR) is 48.6 cm³/mol. The minimum Gasteiger partial charge on any atom is -0.0622 e. The Bertz CT molecular complexity index is 275. The minimum atomic E-state index is -0.0414. The lowest BCUT2D eigenvalue weighted by molar-refractivity contribution is -0.151. The Morgan fingerprint density at radius 2 is 1.83 bits per heavy atom. The summed E-state index contributed by atoms with van der Waals surface area (Å²) in [6.07, 6.45) is 7.14. The molecule has 0 N–H and O–H groups in total. The average molecular weight is 163 g/mol.